The van der Waals surface area contributed by atoms with E-state index in [4.69, 9.17) is 15.9 Å². The van der Waals surface area contributed by atoms with Crippen LogP contribution in [0.15, 0.2) is 54.6 Å². The van der Waals surface area contributed by atoms with Crippen LogP contribution in [0.1, 0.15) is 97.4 Å². The van der Waals surface area contributed by atoms with Crippen molar-refractivity contribution >= 4 is 23.9 Å². The summed E-state index contributed by atoms with van der Waals surface area (Å²) in [5, 5.41) is 5.69. The summed E-state index contributed by atoms with van der Waals surface area (Å²) < 4.78 is 11.2. The van der Waals surface area contributed by atoms with Crippen LogP contribution in [0.25, 0.3) is 0 Å². The summed E-state index contributed by atoms with van der Waals surface area (Å²) in [6.07, 6.45) is 7.35. The Morgan fingerprint density at radius 2 is 1.48 bits per heavy atom. The van der Waals surface area contributed by atoms with Crippen LogP contribution in [0.3, 0.4) is 0 Å². The normalized spacial score (nSPS) is 15.4. The van der Waals surface area contributed by atoms with E-state index < -0.39 is 53.2 Å². The molecule has 9 heteroatoms. The molecule has 2 N–H and O–H groups in total. The third kappa shape index (κ3) is 10.4. The first-order chi connectivity index (χ1) is 21.5. The Morgan fingerprint density at radius 3 is 1.96 bits per heavy atom. The van der Waals surface area contributed by atoms with E-state index in [2.05, 4.69) is 16.6 Å². The maximum Gasteiger partial charge on any atom is 0.408 e. The third-order valence-corrected chi connectivity index (χ3v) is 7.54. The SMILES string of the molecule is C#Cc1ccc(C(C(=O)NC(Cc2ccccc2)C(=O)OC(C)(C)C)N(C(=O)C(NC(=O)OC(C)(C)C)C(C)C)C2CCC2)cc1. The molecule has 3 unspecified atom stereocenters. The fraction of sp³-hybridized carbons (Fsp3) is 0.514. The Kier molecular flexibility index (Phi) is 12.0. The zero-order valence-electron chi connectivity index (χ0n) is 28.4. The number of amides is 3. The van der Waals surface area contributed by atoms with E-state index in [0.717, 1.165) is 12.0 Å². The topological polar surface area (TPSA) is 114 Å². The lowest BCUT2D eigenvalue weighted by atomic mass is 9.87. The van der Waals surface area contributed by atoms with Crippen LogP contribution in [-0.2, 0) is 30.3 Å². The minimum Gasteiger partial charge on any atom is -0.458 e. The van der Waals surface area contributed by atoms with Crippen molar-refractivity contribution in [3.8, 4) is 12.3 Å². The number of rotatable bonds is 11. The molecule has 46 heavy (non-hydrogen) atoms. The summed E-state index contributed by atoms with van der Waals surface area (Å²) in [4.78, 5) is 56.9. The number of carbonyl (C=O) groups excluding carboxylic acids is 4. The highest BCUT2D eigenvalue weighted by Gasteiger charge is 2.43. The monoisotopic (exact) mass is 631 g/mol. The lowest BCUT2D eigenvalue weighted by molar-refractivity contribution is -0.159. The zero-order valence-corrected chi connectivity index (χ0v) is 28.4. The molecule has 1 fully saturated rings. The number of esters is 1. The van der Waals surface area contributed by atoms with E-state index in [9.17, 15) is 19.2 Å². The van der Waals surface area contributed by atoms with Gasteiger partial charge in [-0.3, -0.25) is 9.59 Å². The van der Waals surface area contributed by atoms with Gasteiger partial charge in [0.15, 0.2) is 0 Å². The van der Waals surface area contributed by atoms with Crippen molar-refractivity contribution in [2.45, 2.75) is 116 Å². The van der Waals surface area contributed by atoms with E-state index in [1.165, 1.54) is 0 Å². The van der Waals surface area contributed by atoms with Crippen LogP contribution in [-0.4, -0.2) is 58.1 Å². The van der Waals surface area contributed by atoms with E-state index in [0.29, 0.717) is 24.0 Å². The second-order valence-corrected chi connectivity index (χ2v) is 14.2. The van der Waals surface area contributed by atoms with Crippen LogP contribution in [0.5, 0.6) is 0 Å². The molecule has 0 aromatic heterocycles. The fourth-order valence-electron chi connectivity index (χ4n) is 5.16. The molecule has 3 amide bonds. The summed E-state index contributed by atoms with van der Waals surface area (Å²) in [5.41, 5.74) is 0.430. The molecule has 9 nitrogen and oxygen atoms in total. The van der Waals surface area contributed by atoms with Crippen LogP contribution in [0, 0.1) is 18.3 Å². The second-order valence-electron chi connectivity index (χ2n) is 14.2. The number of benzene rings is 2. The number of terminal acetylenes is 1. The summed E-state index contributed by atoms with van der Waals surface area (Å²) >= 11 is 0. The number of ether oxygens (including phenoxy) is 2. The van der Waals surface area contributed by atoms with Crippen molar-refractivity contribution in [1.82, 2.24) is 15.5 Å². The van der Waals surface area contributed by atoms with Gasteiger partial charge in [-0.05, 0) is 90.0 Å². The van der Waals surface area contributed by atoms with Gasteiger partial charge in [-0.2, -0.15) is 0 Å². The van der Waals surface area contributed by atoms with Crippen molar-refractivity contribution in [3.63, 3.8) is 0 Å². The van der Waals surface area contributed by atoms with E-state index >= 15 is 0 Å². The van der Waals surface area contributed by atoms with Crippen molar-refractivity contribution in [2.24, 2.45) is 5.92 Å². The molecule has 0 aliphatic heterocycles. The van der Waals surface area contributed by atoms with Gasteiger partial charge in [0.25, 0.3) is 0 Å². The number of hydrogen-bond acceptors (Lipinski definition) is 6. The van der Waals surface area contributed by atoms with Crippen LogP contribution in [0.2, 0.25) is 0 Å². The molecule has 1 saturated carbocycles. The highest BCUT2D eigenvalue weighted by molar-refractivity contribution is 5.94. The first-order valence-corrected chi connectivity index (χ1v) is 15.9. The quantitative estimate of drug-likeness (QED) is 0.243. The van der Waals surface area contributed by atoms with Crippen LogP contribution in [0.4, 0.5) is 4.79 Å². The molecule has 0 spiro atoms. The molecule has 3 atom stereocenters. The van der Waals surface area contributed by atoms with Gasteiger partial charge in [-0.1, -0.05) is 62.2 Å². The second kappa shape index (κ2) is 15.3. The summed E-state index contributed by atoms with van der Waals surface area (Å²) in [6, 6.07) is 12.9. The Hall–Kier alpha value is -4.32. The fourth-order valence-corrected chi connectivity index (χ4v) is 5.16. The zero-order chi connectivity index (χ0) is 34.2. The lowest BCUT2D eigenvalue weighted by Gasteiger charge is -2.44. The molecule has 3 rings (SSSR count). The molecule has 248 valence electrons. The van der Waals surface area contributed by atoms with Gasteiger partial charge < -0.3 is 25.0 Å². The maximum absolute atomic E-state index is 14.5. The third-order valence-electron chi connectivity index (χ3n) is 7.54. The maximum atomic E-state index is 14.5. The molecule has 2 aromatic rings. The van der Waals surface area contributed by atoms with Crippen LogP contribution < -0.4 is 10.6 Å². The Labute approximate surface area is 273 Å². The van der Waals surface area contributed by atoms with Crippen molar-refractivity contribution in [1.29, 1.82) is 0 Å². The first-order valence-electron chi connectivity index (χ1n) is 15.9. The molecule has 2 aromatic carbocycles. The number of nitrogens with one attached hydrogen (secondary N) is 2. The minimum absolute atomic E-state index is 0.191. The van der Waals surface area contributed by atoms with E-state index in [-0.39, 0.29) is 18.4 Å². The Morgan fingerprint density at radius 1 is 0.891 bits per heavy atom. The molecule has 0 bridgehead atoms. The average molecular weight is 632 g/mol. The van der Waals surface area contributed by atoms with Gasteiger partial charge in [-0.15, -0.1) is 6.42 Å². The van der Waals surface area contributed by atoms with Gasteiger partial charge in [0, 0.05) is 18.0 Å². The number of carbonyl (C=O) groups is 4. The predicted molar refractivity (Wildman–Crippen MR) is 178 cm³/mol. The number of nitrogens with zero attached hydrogens (tertiary/aromatic N) is 1. The first kappa shape index (κ1) is 36.2. The van der Waals surface area contributed by atoms with Crippen molar-refractivity contribution in [3.05, 3.63) is 71.3 Å². The van der Waals surface area contributed by atoms with Gasteiger partial charge in [-0.25, -0.2) is 9.59 Å². The number of alkyl carbamates (subject to hydrolysis) is 1. The molecule has 1 aliphatic rings. The minimum atomic E-state index is -1.12. The molecule has 0 saturated heterocycles. The molecular formula is C37H49N3O6. The summed E-state index contributed by atoms with van der Waals surface area (Å²) in [7, 11) is 0. The highest BCUT2D eigenvalue weighted by atomic mass is 16.6. The number of hydrogen-bond donors (Lipinski definition) is 2. The van der Waals surface area contributed by atoms with Gasteiger partial charge in [0.2, 0.25) is 11.8 Å². The predicted octanol–water partition coefficient (Wildman–Crippen LogP) is 5.71. The summed E-state index contributed by atoms with van der Waals surface area (Å²) in [5.74, 6) is 0.730. The standard InChI is InChI=1S/C37H49N3O6/c1-10-25-19-21-27(22-20-25)31(32(41)38-29(34(43)45-36(4,5)6)23-26-15-12-11-13-16-26)40(28-17-14-18-28)33(42)30(24(2)3)39-35(44)46-37(7,8)9/h1,11-13,15-16,19-22,24,28-31H,14,17-18,23H2,2-9H3,(H,38,41)(H,39,44). The lowest BCUT2D eigenvalue weighted by Crippen LogP contribution is -2.59. The smallest absolute Gasteiger partial charge is 0.408 e. The van der Waals surface area contributed by atoms with E-state index in [1.54, 1.807) is 70.7 Å². The highest BCUT2D eigenvalue weighted by Crippen LogP contribution is 2.34. The van der Waals surface area contributed by atoms with Crippen molar-refractivity contribution < 1.29 is 28.7 Å². The van der Waals surface area contributed by atoms with Gasteiger partial charge >= 0.3 is 12.1 Å². The van der Waals surface area contributed by atoms with Crippen molar-refractivity contribution in [2.75, 3.05) is 0 Å². The molecule has 0 radical (unpaired) electrons. The molecule has 1 aliphatic carbocycles. The largest absolute Gasteiger partial charge is 0.458 e. The van der Waals surface area contributed by atoms with E-state index in [1.807, 2.05) is 44.2 Å². The van der Waals surface area contributed by atoms with Gasteiger partial charge in [0.05, 0.1) is 0 Å². The Balaban J connectivity index is 2.07. The Bertz CT molecular complexity index is 1400. The van der Waals surface area contributed by atoms with Gasteiger partial charge in [0.1, 0.15) is 29.3 Å². The van der Waals surface area contributed by atoms with Crippen LogP contribution >= 0.6 is 0 Å². The molecular weight excluding hydrogens is 582 g/mol. The average Bonchev–Trinajstić information content (AvgIpc) is 2.93. The summed E-state index contributed by atoms with van der Waals surface area (Å²) in [6.45, 7) is 14.2. The molecule has 0 heterocycles.